The van der Waals surface area contributed by atoms with Crippen molar-refractivity contribution >= 4 is 46.1 Å². The molecular formula is C40H52N8O7. The maximum atomic E-state index is 14.9. The Bertz CT molecular complexity index is 1920. The van der Waals surface area contributed by atoms with Crippen LogP contribution in [0.25, 0.3) is 10.8 Å². The van der Waals surface area contributed by atoms with E-state index in [9.17, 15) is 33.9 Å². The van der Waals surface area contributed by atoms with Crippen molar-refractivity contribution in [3.8, 4) is 0 Å². The molecule has 15 heteroatoms. The van der Waals surface area contributed by atoms with E-state index in [0.717, 1.165) is 49.3 Å². The van der Waals surface area contributed by atoms with Crippen molar-refractivity contribution in [2.75, 3.05) is 13.1 Å². The van der Waals surface area contributed by atoms with Crippen molar-refractivity contribution in [2.24, 2.45) is 11.7 Å². The molecule has 2 aliphatic carbocycles. The molecule has 3 fully saturated rings. The van der Waals surface area contributed by atoms with Gasteiger partial charge in [0.1, 0.15) is 23.2 Å². The van der Waals surface area contributed by atoms with E-state index in [1.807, 2.05) is 30.3 Å². The summed E-state index contributed by atoms with van der Waals surface area (Å²) in [6.45, 7) is 2.66. The summed E-state index contributed by atoms with van der Waals surface area (Å²) in [7, 11) is 0. The topological polar surface area (TPSA) is 219 Å². The summed E-state index contributed by atoms with van der Waals surface area (Å²) >= 11 is 0. The normalized spacial score (nSPS) is 20.7. The molecule has 1 aliphatic heterocycles. The number of likely N-dealkylation sites (tertiary alicyclic amines) is 1. The SMILES string of the molecule is CC(C)(O)c1cnnn1[C@H]1C[C@@H](C(=O)NC2(C(=O)C(=O)NCC(N)=O)CCCCC2)N(C(=O)C(CC2CCCCC2)NC(=O)c2ccc3ccccc3c2)C1. The van der Waals surface area contributed by atoms with Crippen molar-refractivity contribution < 1.29 is 33.9 Å². The Morgan fingerprint density at radius 2 is 1.65 bits per heavy atom. The zero-order valence-electron chi connectivity index (χ0n) is 31.6. The van der Waals surface area contributed by atoms with E-state index in [1.54, 1.807) is 26.0 Å². The van der Waals surface area contributed by atoms with Crippen LogP contribution in [0.5, 0.6) is 0 Å². The number of nitrogens with one attached hydrogen (secondary N) is 3. The molecular weight excluding hydrogens is 704 g/mol. The van der Waals surface area contributed by atoms with E-state index in [4.69, 9.17) is 5.73 Å². The number of nitrogens with two attached hydrogens (primary N) is 1. The third kappa shape index (κ3) is 9.04. The van der Waals surface area contributed by atoms with Crippen LogP contribution in [0.1, 0.15) is 113 Å². The standard InChI is InChI=1S/C40H52N8O7/c1-39(2,55)32-22-43-46-48(32)29-21-31(36(52)45-40(17-9-4-10-18-40)34(50)37(53)42-23-33(41)49)47(24-29)38(54)30(19-25-11-5-3-6-12-25)44-35(51)28-16-15-26-13-7-8-14-27(26)20-28/h7-8,13-16,20,22,25,29-31,55H,3-6,9-12,17-19,21,23-24H2,1-2H3,(H2,41,49)(H,42,53)(H,44,51)(H,45,52)/t29-,30?,31-/m0/s1. The predicted molar refractivity (Wildman–Crippen MR) is 202 cm³/mol. The first-order valence-electron chi connectivity index (χ1n) is 19.4. The van der Waals surface area contributed by atoms with E-state index < -0.39 is 71.1 Å². The fraction of sp³-hybridized carbons (Fsp3) is 0.550. The minimum absolute atomic E-state index is 0.0103. The van der Waals surface area contributed by atoms with Gasteiger partial charge in [0.15, 0.2) is 0 Å². The molecule has 55 heavy (non-hydrogen) atoms. The van der Waals surface area contributed by atoms with Gasteiger partial charge in [0.2, 0.25) is 23.5 Å². The van der Waals surface area contributed by atoms with Crippen LogP contribution >= 0.6 is 0 Å². The maximum Gasteiger partial charge on any atom is 0.290 e. The highest BCUT2D eigenvalue weighted by atomic mass is 16.3. The lowest BCUT2D eigenvalue weighted by atomic mass is 9.77. The largest absolute Gasteiger partial charge is 0.384 e. The molecule has 294 valence electrons. The number of ketones is 1. The molecule has 0 radical (unpaired) electrons. The van der Waals surface area contributed by atoms with Gasteiger partial charge < -0.3 is 31.7 Å². The first-order chi connectivity index (χ1) is 26.3. The highest BCUT2D eigenvalue weighted by Gasteiger charge is 2.49. The Kier molecular flexibility index (Phi) is 12.0. The number of primary amides is 1. The lowest BCUT2D eigenvalue weighted by molar-refractivity contribution is -0.146. The number of hydrogen-bond donors (Lipinski definition) is 5. The summed E-state index contributed by atoms with van der Waals surface area (Å²) in [5, 5.41) is 29.3. The number of Topliss-reactive ketones (excluding diaryl/α,β-unsaturated/α-hetero) is 1. The number of hydrogen-bond acceptors (Lipinski definition) is 9. The molecule has 6 rings (SSSR count). The number of rotatable bonds is 13. The van der Waals surface area contributed by atoms with Crippen molar-refractivity contribution in [3.63, 3.8) is 0 Å². The highest BCUT2D eigenvalue weighted by Crippen LogP contribution is 2.35. The van der Waals surface area contributed by atoms with Crippen LogP contribution in [0.2, 0.25) is 0 Å². The van der Waals surface area contributed by atoms with E-state index in [1.165, 1.54) is 15.8 Å². The summed E-state index contributed by atoms with van der Waals surface area (Å²) in [6, 6.07) is 10.4. The van der Waals surface area contributed by atoms with Crippen LogP contribution in [0.4, 0.5) is 0 Å². The molecule has 0 bridgehead atoms. The minimum Gasteiger partial charge on any atom is -0.384 e. The summed E-state index contributed by atoms with van der Waals surface area (Å²) in [5.41, 5.74) is 3.09. The van der Waals surface area contributed by atoms with E-state index in [0.29, 0.717) is 30.5 Å². The van der Waals surface area contributed by atoms with Crippen LogP contribution < -0.4 is 21.7 Å². The Balaban J connectivity index is 1.32. The van der Waals surface area contributed by atoms with Gasteiger partial charge in [-0.15, -0.1) is 5.10 Å². The Hall–Kier alpha value is -5.18. The molecule has 1 saturated heterocycles. The average molecular weight is 757 g/mol. The van der Waals surface area contributed by atoms with Gasteiger partial charge in [-0.05, 0) is 61.9 Å². The molecule has 1 aromatic heterocycles. The molecule has 3 aliphatic rings. The molecule has 0 spiro atoms. The summed E-state index contributed by atoms with van der Waals surface area (Å²) in [6.07, 6.45) is 9.22. The Morgan fingerprint density at radius 1 is 0.964 bits per heavy atom. The van der Waals surface area contributed by atoms with Crippen LogP contribution in [0.3, 0.4) is 0 Å². The molecule has 3 atom stereocenters. The predicted octanol–water partition coefficient (Wildman–Crippen LogP) is 2.56. The number of aromatic nitrogens is 3. The van der Waals surface area contributed by atoms with Gasteiger partial charge in [-0.25, -0.2) is 4.68 Å². The highest BCUT2D eigenvalue weighted by molar-refractivity contribution is 6.40. The van der Waals surface area contributed by atoms with Gasteiger partial charge in [-0.1, -0.05) is 86.9 Å². The Labute approximate surface area is 320 Å². The molecule has 2 saturated carbocycles. The van der Waals surface area contributed by atoms with Crippen molar-refractivity contribution in [3.05, 3.63) is 59.9 Å². The first-order valence-corrected chi connectivity index (χ1v) is 19.4. The van der Waals surface area contributed by atoms with Gasteiger partial charge in [-0.2, -0.15) is 0 Å². The van der Waals surface area contributed by atoms with E-state index in [-0.39, 0.29) is 31.7 Å². The third-order valence-corrected chi connectivity index (χ3v) is 11.5. The number of carbonyl (C=O) groups is 6. The number of nitrogens with zero attached hydrogens (tertiary/aromatic N) is 4. The zero-order chi connectivity index (χ0) is 39.3. The lowest BCUT2D eigenvalue weighted by Crippen LogP contribution is -2.63. The van der Waals surface area contributed by atoms with Crippen LogP contribution in [0.15, 0.2) is 48.7 Å². The molecule has 3 aromatic rings. The second-order valence-corrected chi connectivity index (χ2v) is 16.0. The van der Waals surface area contributed by atoms with Crippen molar-refractivity contribution in [2.45, 2.75) is 120 Å². The average Bonchev–Trinajstić information content (AvgIpc) is 3.86. The Morgan fingerprint density at radius 3 is 2.35 bits per heavy atom. The lowest BCUT2D eigenvalue weighted by Gasteiger charge is -2.38. The van der Waals surface area contributed by atoms with E-state index in [2.05, 4.69) is 26.3 Å². The monoisotopic (exact) mass is 756 g/mol. The van der Waals surface area contributed by atoms with Crippen LogP contribution in [-0.2, 0) is 29.6 Å². The van der Waals surface area contributed by atoms with Gasteiger partial charge in [-0.3, -0.25) is 28.8 Å². The summed E-state index contributed by atoms with van der Waals surface area (Å²) < 4.78 is 1.52. The van der Waals surface area contributed by atoms with Crippen LogP contribution in [0, 0.1) is 5.92 Å². The summed E-state index contributed by atoms with van der Waals surface area (Å²) in [4.78, 5) is 82.9. The molecule has 15 nitrogen and oxygen atoms in total. The maximum absolute atomic E-state index is 14.9. The molecule has 5 amide bonds. The number of carbonyl (C=O) groups excluding carboxylic acids is 6. The third-order valence-electron chi connectivity index (χ3n) is 11.5. The molecule has 2 aromatic carbocycles. The summed E-state index contributed by atoms with van der Waals surface area (Å²) in [5.74, 6) is -4.03. The minimum atomic E-state index is -1.55. The number of benzene rings is 2. The number of fused-ring (bicyclic) bond motifs is 1. The second kappa shape index (κ2) is 16.7. The second-order valence-electron chi connectivity index (χ2n) is 16.0. The molecule has 1 unspecified atom stereocenters. The molecule has 2 heterocycles. The van der Waals surface area contributed by atoms with Crippen molar-refractivity contribution in [1.29, 1.82) is 0 Å². The number of aliphatic hydroxyl groups is 1. The van der Waals surface area contributed by atoms with Gasteiger partial charge in [0.05, 0.1) is 24.5 Å². The fourth-order valence-corrected chi connectivity index (χ4v) is 8.53. The van der Waals surface area contributed by atoms with Crippen molar-refractivity contribution in [1.82, 2.24) is 35.8 Å². The quantitative estimate of drug-likeness (QED) is 0.162. The first kappa shape index (κ1) is 39.5. The smallest absolute Gasteiger partial charge is 0.290 e. The van der Waals surface area contributed by atoms with Gasteiger partial charge >= 0.3 is 0 Å². The number of amides is 5. The fourth-order valence-electron chi connectivity index (χ4n) is 8.53. The van der Waals surface area contributed by atoms with Gasteiger partial charge in [0, 0.05) is 18.5 Å². The van der Waals surface area contributed by atoms with Gasteiger partial charge in [0.25, 0.3) is 11.8 Å². The zero-order valence-corrected chi connectivity index (χ0v) is 31.6. The van der Waals surface area contributed by atoms with Crippen LogP contribution in [-0.4, -0.2) is 91.0 Å². The van der Waals surface area contributed by atoms with E-state index >= 15 is 0 Å². The molecule has 6 N–H and O–H groups in total.